The van der Waals surface area contributed by atoms with Crippen molar-refractivity contribution in [3.8, 4) is 17.2 Å². The van der Waals surface area contributed by atoms with Gasteiger partial charge in [-0.15, -0.1) is 0 Å². The van der Waals surface area contributed by atoms with E-state index in [9.17, 15) is 14.7 Å². The SMILES string of the molecule is CCCCCOc1cccc([C@@H]2/C(=C(\O)c3ccc4c(c3)OCCO4)C(=O)C(=O)N2c2nc3ccc(C)cc3s2)c1. The molecule has 41 heavy (non-hydrogen) atoms. The van der Waals surface area contributed by atoms with Gasteiger partial charge in [-0.25, -0.2) is 4.98 Å². The highest BCUT2D eigenvalue weighted by Gasteiger charge is 2.48. The number of hydrogen-bond acceptors (Lipinski definition) is 8. The molecule has 1 aromatic heterocycles. The zero-order valence-corrected chi connectivity index (χ0v) is 23.7. The Kier molecular flexibility index (Phi) is 7.36. The number of rotatable bonds is 8. The van der Waals surface area contributed by atoms with E-state index >= 15 is 0 Å². The van der Waals surface area contributed by atoms with Crippen molar-refractivity contribution in [1.29, 1.82) is 0 Å². The average Bonchev–Trinajstić information content (AvgIpc) is 3.52. The summed E-state index contributed by atoms with van der Waals surface area (Å²) in [5.74, 6) is -0.175. The fraction of sp³-hybridized carbons (Fsp3) is 0.281. The van der Waals surface area contributed by atoms with Gasteiger partial charge in [0.1, 0.15) is 24.7 Å². The van der Waals surface area contributed by atoms with Crippen LogP contribution in [0.5, 0.6) is 17.2 Å². The van der Waals surface area contributed by atoms with Crippen LogP contribution in [0.4, 0.5) is 5.13 Å². The molecule has 210 valence electrons. The first-order valence-corrected chi connectivity index (χ1v) is 14.6. The van der Waals surface area contributed by atoms with Crippen molar-refractivity contribution in [3.63, 3.8) is 0 Å². The Bertz CT molecular complexity index is 1680. The number of carbonyl (C=O) groups excluding carboxylic acids is 2. The summed E-state index contributed by atoms with van der Waals surface area (Å²) in [4.78, 5) is 33.4. The summed E-state index contributed by atoms with van der Waals surface area (Å²) < 4.78 is 18.2. The second-order valence-corrected chi connectivity index (χ2v) is 11.1. The minimum Gasteiger partial charge on any atom is -0.507 e. The van der Waals surface area contributed by atoms with Crippen molar-refractivity contribution in [1.82, 2.24) is 4.98 Å². The standard InChI is InChI=1S/C32H30N2O6S/c1-3-4-5-13-38-22-8-6-7-20(17-22)28-27(29(35)21-10-12-24-25(18-21)40-15-14-39-24)30(36)31(37)34(28)32-33-23-11-9-19(2)16-26(23)41-32/h6-12,16-18,28,35H,3-5,13-15H2,1-2H3/b29-27+/t28-/m1/s1. The topological polar surface area (TPSA) is 98.2 Å². The molecule has 1 amide bonds. The molecule has 1 fully saturated rings. The number of ketones is 1. The third-order valence-electron chi connectivity index (χ3n) is 7.19. The van der Waals surface area contributed by atoms with E-state index < -0.39 is 17.7 Å². The van der Waals surface area contributed by atoms with Crippen LogP contribution in [-0.4, -0.2) is 41.6 Å². The Hall–Kier alpha value is -4.37. The third kappa shape index (κ3) is 5.13. The first-order chi connectivity index (χ1) is 19.9. The van der Waals surface area contributed by atoms with Crippen LogP contribution in [0.15, 0.2) is 66.2 Å². The third-order valence-corrected chi connectivity index (χ3v) is 8.21. The number of aliphatic hydroxyl groups is 1. The highest BCUT2D eigenvalue weighted by Crippen LogP contribution is 2.45. The predicted molar refractivity (Wildman–Crippen MR) is 158 cm³/mol. The highest BCUT2D eigenvalue weighted by atomic mass is 32.1. The van der Waals surface area contributed by atoms with E-state index in [1.165, 1.54) is 16.2 Å². The van der Waals surface area contributed by atoms with Crippen LogP contribution in [0.1, 0.15) is 48.9 Å². The van der Waals surface area contributed by atoms with Crippen LogP contribution in [0.25, 0.3) is 16.0 Å². The van der Waals surface area contributed by atoms with Gasteiger partial charge in [-0.2, -0.15) is 0 Å². The lowest BCUT2D eigenvalue weighted by Crippen LogP contribution is -2.29. The fourth-order valence-electron chi connectivity index (χ4n) is 5.13. The highest BCUT2D eigenvalue weighted by molar-refractivity contribution is 7.22. The molecule has 3 heterocycles. The lowest BCUT2D eigenvalue weighted by molar-refractivity contribution is -0.132. The number of hydrogen-bond donors (Lipinski definition) is 1. The number of Topliss-reactive ketones (excluding diaryl/α,β-unsaturated/α-hetero) is 1. The Labute approximate surface area is 241 Å². The molecular weight excluding hydrogens is 540 g/mol. The number of ether oxygens (including phenoxy) is 3. The van der Waals surface area contributed by atoms with Crippen LogP contribution in [-0.2, 0) is 9.59 Å². The van der Waals surface area contributed by atoms with Crippen LogP contribution < -0.4 is 19.1 Å². The monoisotopic (exact) mass is 570 g/mol. The second kappa shape index (κ2) is 11.2. The van der Waals surface area contributed by atoms with E-state index in [-0.39, 0.29) is 11.3 Å². The number of fused-ring (bicyclic) bond motifs is 2. The normalized spacial score (nSPS) is 17.8. The van der Waals surface area contributed by atoms with Crippen molar-refractivity contribution in [2.45, 2.75) is 39.2 Å². The molecule has 3 aromatic carbocycles. The largest absolute Gasteiger partial charge is 0.507 e. The average molecular weight is 571 g/mol. The molecule has 0 saturated carbocycles. The lowest BCUT2D eigenvalue weighted by Gasteiger charge is -2.24. The second-order valence-electron chi connectivity index (χ2n) is 10.1. The molecule has 0 unspecified atom stereocenters. The molecular formula is C32H30N2O6S. The van der Waals surface area contributed by atoms with E-state index in [2.05, 4.69) is 6.92 Å². The summed E-state index contributed by atoms with van der Waals surface area (Å²) in [6.45, 7) is 5.50. The zero-order chi connectivity index (χ0) is 28.5. The molecule has 0 radical (unpaired) electrons. The maximum atomic E-state index is 13.7. The molecule has 8 nitrogen and oxygen atoms in total. The van der Waals surface area contributed by atoms with Gasteiger partial charge in [0.25, 0.3) is 5.78 Å². The number of nitrogens with zero attached hydrogens (tertiary/aromatic N) is 2. The number of carbonyl (C=O) groups is 2. The van der Waals surface area contributed by atoms with Gasteiger partial charge in [0.05, 0.1) is 28.4 Å². The van der Waals surface area contributed by atoms with E-state index in [0.717, 1.165) is 35.0 Å². The smallest absolute Gasteiger partial charge is 0.301 e. The molecule has 6 rings (SSSR count). The molecule has 0 bridgehead atoms. The number of anilines is 1. The van der Waals surface area contributed by atoms with Gasteiger partial charge in [0.2, 0.25) is 0 Å². The van der Waals surface area contributed by atoms with Gasteiger partial charge in [-0.05, 0) is 66.9 Å². The van der Waals surface area contributed by atoms with Gasteiger partial charge in [0.15, 0.2) is 16.6 Å². The fourth-order valence-corrected chi connectivity index (χ4v) is 6.22. The number of unbranched alkanes of at least 4 members (excludes halogenated alkanes) is 2. The molecule has 2 aliphatic heterocycles. The Balaban J connectivity index is 1.48. The van der Waals surface area contributed by atoms with Crippen LogP contribution in [0.3, 0.4) is 0 Å². The van der Waals surface area contributed by atoms with Gasteiger partial charge in [-0.1, -0.05) is 49.3 Å². The number of aryl methyl sites for hydroxylation is 1. The van der Waals surface area contributed by atoms with Crippen molar-refractivity contribution in [3.05, 3.63) is 82.9 Å². The number of aliphatic hydroxyl groups excluding tert-OH is 1. The first kappa shape index (κ1) is 26.8. The quantitative estimate of drug-likeness (QED) is 0.111. The summed E-state index contributed by atoms with van der Waals surface area (Å²) in [5.41, 5.74) is 2.76. The summed E-state index contributed by atoms with van der Waals surface area (Å²) in [6, 6.07) is 17.2. The molecule has 2 aliphatic rings. The lowest BCUT2D eigenvalue weighted by atomic mass is 9.95. The van der Waals surface area contributed by atoms with Crippen LogP contribution in [0.2, 0.25) is 0 Å². The number of amides is 1. The van der Waals surface area contributed by atoms with Gasteiger partial charge in [-0.3, -0.25) is 14.5 Å². The molecule has 1 atom stereocenters. The van der Waals surface area contributed by atoms with E-state index in [4.69, 9.17) is 19.2 Å². The summed E-state index contributed by atoms with van der Waals surface area (Å²) in [5, 5.41) is 12.0. The van der Waals surface area contributed by atoms with Crippen molar-refractivity contribution >= 4 is 44.1 Å². The Morgan fingerprint density at radius 2 is 1.88 bits per heavy atom. The number of benzene rings is 3. The number of thiazole rings is 1. The maximum absolute atomic E-state index is 13.7. The van der Waals surface area contributed by atoms with Gasteiger partial charge in [0, 0.05) is 5.56 Å². The van der Waals surface area contributed by atoms with E-state index in [0.29, 0.717) is 53.3 Å². The zero-order valence-electron chi connectivity index (χ0n) is 22.9. The summed E-state index contributed by atoms with van der Waals surface area (Å²) in [6.07, 6.45) is 3.07. The van der Waals surface area contributed by atoms with Gasteiger partial charge < -0.3 is 19.3 Å². The number of aromatic nitrogens is 1. The van der Waals surface area contributed by atoms with E-state index in [1.54, 1.807) is 18.2 Å². The van der Waals surface area contributed by atoms with Crippen molar-refractivity contribution in [2.24, 2.45) is 0 Å². The molecule has 9 heteroatoms. The minimum absolute atomic E-state index is 0.0229. The van der Waals surface area contributed by atoms with Crippen LogP contribution >= 0.6 is 11.3 Å². The molecule has 1 saturated heterocycles. The van der Waals surface area contributed by atoms with Crippen molar-refractivity contribution in [2.75, 3.05) is 24.7 Å². The molecule has 4 aromatic rings. The van der Waals surface area contributed by atoms with E-state index in [1.807, 2.05) is 49.4 Å². The van der Waals surface area contributed by atoms with Crippen LogP contribution in [0, 0.1) is 6.92 Å². The summed E-state index contributed by atoms with van der Waals surface area (Å²) in [7, 11) is 0. The van der Waals surface area contributed by atoms with Crippen molar-refractivity contribution < 1.29 is 28.9 Å². The molecule has 0 spiro atoms. The minimum atomic E-state index is -0.913. The predicted octanol–water partition coefficient (Wildman–Crippen LogP) is 6.57. The van der Waals surface area contributed by atoms with Gasteiger partial charge >= 0.3 is 5.91 Å². The Morgan fingerprint density at radius 3 is 2.71 bits per heavy atom. The molecule has 1 N–H and O–H groups in total. The maximum Gasteiger partial charge on any atom is 0.301 e. The molecule has 0 aliphatic carbocycles. The first-order valence-electron chi connectivity index (χ1n) is 13.8. The Morgan fingerprint density at radius 1 is 1.05 bits per heavy atom. The summed E-state index contributed by atoms with van der Waals surface area (Å²) >= 11 is 1.33.